The normalized spacial score (nSPS) is 10.7. The number of aryl methyl sites for hydroxylation is 2. The summed E-state index contributed by atoms with van der Waals surface area (Å²) in [5, 5.41) is 6.58. The summed E-state index contributed by atoms with van der Waals surface area (Å²) < 4.78 is 6.79. The number of ketones is 1. The molecular weight excluding hydrogens is 272 g/mol. The molecule has 0 aromatic carbocycles. The summed E-state index contributed by atoms with van der Waals surface area (Å²) >= 11 is 7.50. The molecule has 0 saturated heterocycles. The molecule has 0 amide bonds. The topological polar surface area (TPSA) is 44.1 Å². The lowest BCUT2D eigenvalue weighted by molar-refractivity contribution is 0.0992. The van der Waals surface area contributed by atoms with E-state index in [2.05, 4.69) is 5.10 Å². The largest absolute Gasteiger partial charge is 0.495 e. The summed E-state index contributed by atoms with van der Waals surface area (Å²) in [6.07, 6.45) is 0.229. The molecule has 2 aromatic heterocycles. The molecule has 96 valence electrons. The number of nitrogens with zero attached hydrogens (tertiary/aromatic N) is 2. The zero-order valence-corrected chi connectivity index (χ0v) is 11.9. The van der Waals surface area contributed by atoms with Gasteiger partial charge in [-0.3, -0.25) is 9.48 Å². The van der Waals surface area contributed by atoms with Gasteiger partial charge in [-0.25, -0.2) is 0 Å². The van der Waals surface area contributed by atoms with E-state index < -0.39 is 0 Å². The molecule has 0 aliphatic carbocycles. The van der Waals surface area contributed by atoms with E-state index in [-0.39, 0.29) is 12.2 Å². The fourth-order valence-corrected chi connectivity index (χ4v) is 2.79. The number of hydrogen-bond acceptors (Lipinski definition) is 4. The van der Waals surface area contributed by atoms with Crippen molar-refractivity contribution in [3.63, 3.8) is 0 Å². The van der Waals surface area contributed by atoms with Crippen LogP contribution in [0.15, 0.2) is 11.4 Å². The third-order valence-corrected chi connectivity index (χ3v) is 4.12. The van der Waals surface area contributed by atoms with Crippen LogP contribution in [0.3, 0.4) is 0 Å². The van der Waals surface area contributed by atoms with Gasteiger partial charge in [-0.1, -0.05) is 11.6 Å². The Hall–Kier alpha value is -1.33. The number of ether oxygens (including phenoxy) is 1. The third kappa shape index (κ3) is 2.28. The van der Waals surface area contributed by atoms with Gasteiger partial charge in [0.15, 0.2) is 5.78 Å². The Morgan fingerprint density at radius 1 is 1.61 bits per heavy atom. The van der Waals surface area contributed by atoms with Crippen molar-refractivity contribution in [3.8, 4) is 5.75 Å². The van der Waals surface area contributed by atoms with Crippen molar-refractivity contribution >= 4 is 28.7 Å². The molecule has 0 N–H and O–H groups in total. The van der Waals surface area contributed by atoms with Crippen molar-refractivity contribution in [2.75, 3.05) is 7.11 Å². The van der Waals surface area contributed by atoms with Crippen molar-refractivity contribution in [2.24, 2.45) is 7.05 Å². The molecule has 2 aromatic rings. The van der Waals surface area contributed by atoms with E-state index in [1.54, 1.807) is 24.9 Å². The Bertz CT molecular complexity index is 589. The SMILES string of the molecule is COc1ccsc1C(=O)Cc1c(Cl)c(C)nn1C. The second kappa shape index (κ2) is 5.12. The molecule has 18 heavy (non-hydrogen) atoms. The first kappa shape index (κ1) is 13.1. The monoisotopic (exact) mass is 284 g/mol. The highest BCUT2D eigenvalue weighted by atomic mass is 35.5. The summed E-state index contributed by atoms with van der Waals surface area (Å²) in [4.78, 5) is 12.8. The molecular formula is C12H13ClN2O2S. The van der Waals surface area contributed by atoms with E-state index in [4.69, 9.17) is 16.3 Å². The van der Waals surface area contributed by atoms with E-state index >= 15 is 0 Å². The Morgan fingerprint density at radius 3 is 2.89 bits per heavy atom. The number of carbonyl (C=O) groups excluding carboxylic acids is 1. The molecule has 2 heterocycles. The molecule has 0 atom stereocenters. The average Bonchev–Trinajstić information content (AvgIpc) is 2.90. The van der Waals surface area contributed by atoms with Crippen LogP contribution in [0.5, 0.6) is 5.75 Å². The fourth-order valence-electron chi connectivity index (χ4n) is 1.77. The highest BCUT2D eigenvalue weighted by Gasteiger charge is 2.19. The van der Waals surface area contributed by atoms with Crippen LogP contribution in [0.1, 0.15) is 21.1 Å². The van der Waals surface area contributed by atoms with Crippen molar-refractivity contribution in [3.05, 3.63) is 32.7 Å². The zero-order chi connectivity index (χ0) is 13.3. The maximum absolute atomic E-state index is 12.2. The highest BCUT2D eigenvalue weighted by Crippen LogP contribution is 2.27. The Morgan fingerprint density at radius 2 is 2.33 bits per heavy atom. The summed E-state index contributed by atoms with van der Waals surface area (Å²) in [6.45, 7) is 1.82. The lowest BCUT2D eigenvalue weighted by Gasteiger charge is -2.03. The van der Waals surface area contributed by atoms with Gasteiger partial charge in [0.2, 0.25) is 0 Å². The molecule has 4 nitrogen and oxygen atoms in total. The fraction of sp³-hybridized carbons (Fsp3) is 0.333. The van der Waals surface area contributed by atoms with E-state index in [1.807, 2.05) is 12.3 Å². The van der Waals surface area contributed by atoms with Gasteiger partial charge in [-0.2, -0.15) is 5.10 Å². The van der Waals surface area contributed by atoms with Crippen LogP contribution in [0.4, 0.5) is 0 Å². The van der Waals surface area contributed by atoms with Gasteiger partial charge in [0.25, 0.3) is 0 Å². The first-order chi connectivity index (χ1) is 8.54. The second-order valence-corrected chi connectivity index (χ2v) is 5.18. The quantitative estimate of drug-likeness (QED) is 0.811. The van der Waals surface area contributed by atoms with E-state index in [0.717, 1.165) is 11.4 Å². The van der Waals surface area contributed by atoms with Crippen LogP contribution in [0.25, 0.3) is 0 Å². The Labute approximate surface area is 114 Å². The van der Waals surface area contributed by atoms with Gasteiger partial charge < -0.3 is 4.74 Å². The van der Waals surface area contributed by atoms with Crippen molar-refractivity contribution in [2.45, 2.75) is 13.3 Å². The van der Waals surface area contributed by atoms with E-state index in [1.165, 1.54) is 11.3 Å². The number of thiophene rings is 1. The summed E-state index contributed by atoms with van der Waals surface area (Å²) in [6, 6.07) is 1.79. The van der Waals surface area contributed by atoms with Gasteiger partial charge in [0, 0.05) is 7.05 Å². The van der Waals surface area contributed by atoms with Crippen molar-refractivity contribution in [1.82, 2.24) is 9.78 Å². The molecule has 6 heteroatoms. The molecule has 0 spiro atoms. The minimum Gasteiger partial charge on any atom is -0.495 e. The number of halogens is 1. The summed E-state index contributed by atoms with van der Waals surface area (Å²) in [7, 11) is 3.34. The van der Waals surface area contributed by atoms with Crippen LogP contribution < -0.4 is 4.74 Å². The second-order valence-electron chi connectivity index (χ2n) is 3.89. The lowest BCUT2D eigenvalue weighted by Crippen LogP contribution is -2.08. The van der Waals surface area contributed by atoms with Gasteiger partial charge in [-0.05, 0) is 18.4 Å². The van der Waals surface area contributed by atoms with Crippen LogP contribution in [-0.4, -0.2) is 22.7 Å². The maximum atomic E-state index is 12.2. The molecule has 0 bridgehead atoms. The molecule has 0 aliphatic rings. The number of rotatable bonds is 4. The average molecular weight is 285 g/mol. The third-order valence-electron chi connectivity index (χ3n) is 2.69. The molecule has 0 aliphatic heterocycles. The van der Waals surface area contributed by atoms with E-state index in [9.17, 15) is 4.79 Å². The van der Waals surface area contributed by atoms with Gasteiger partial charge >= 0.3 is 0 Å². The van der Waals surface area contributed by atoms with Crippen LogP contribution in [0.2, 0.25) is 5.02 Å². The maximum Gasteiger partial charge on any atom is 0.182 e. The van der Waals surface area contributed by atoms with Crippen LogP contribution in [-0.2, 0) is 13.5 Å². The van der Waals surface area contributed by atoms with Gasteiger partial charge in [0.1, 0.15) is 10.6 Å². The molecule has 0 unspecified atom stereocenters. The number of carbonyl (C=O) groups is 1. The first-order valence-corrected chi connectivity index (χ1v) is 6.63. The molecule has 2 rings (SSSR count). The smallest absolute Gasteiger partial charge is 0.182 e. The predicted octanol–water partition coefficient (Wildman–Crippen LogP) is 2.88. The molecule has 0 saturated carbocycles. The number of hydrogen-bond donors (Lipinski definition) is 0. The summed E-state index contributed by atoms with van der Waals surface area (Å²) in [5.74, 6) is 0.603. The minimum atomic E-state index is -0.00764. The molecule has 0 fully saturated rings. The number of methoxy groups -OCH3 is 1. The van der Waals surface area contributed by atoms with Crippen LogP contribution >= 0.6 is 22.9 Å². The van der Waals surface area contributed by atoms with E-state index in [0.29, 0.717) is 15.6 Å². The van der Waals surface area contributed by atoms with Crippen molar-refractivity contribution < 1.29 is 9.53 Å². The molecule has 0 radical (unpaired) electrons. The number of aromatic nitrogens is 2. The first-order valence-electron chi connectivity index (χ1n) is 5.37. The Kier molecular flexibility index (Phi) is 3.73. The zero-order valence-electron chi connectivity index (χ0n) is 10.4. The number of Topliss-reactive ketones (excluding diaryl/α,β-unsaturated/α-hetero) is 1. The van der Waals surface area contributed by atoms with Crippen molar-refractivity contribution in [1.29, 1.82) is 0 Å². The minimum absolute atomic E-state index is 0.00764. The predicted molar refractivity (Wildman–Crippen MR) is 71.9 cm³/mol. The Balaban J connectivity index is 2.27. The van der Waals surface area contributed by atoms with Gasteiger partial charge in [-0.15, -0.1) is 11.3 Å². The van der Waals surface area contributed by atoms with Gasteiger partial charge in [0.05, 0.1) is 29.9 Å². The highest BCUT2D eigenvalue weighted by molar-refractivity contribution is 7.12. The lowest BCUT2D eigenvalue weighted by atomic mass is 10.2. The van der Waals surface area contributed by atoms with Crippen LogP contribution in [0, 0.1) is 6.92 Å². The standard InChI is InChI=1S/C12H13ClN2O2S/c1-7-11(13)8(15(2)14-7)6-9(16)12-10(17-3)4-5-18-12/h4-5H,6H2,1-3H3. The summed E-state index contributed by atoms with van der Waals surface area (Å²) in [5.41, 5.74) is 1.47.